The van der Waals surface area contributed by atoms with E-state index in [0.717, 1.165) is 19.3 Å². The minimum absolute atomic E-state index is 0.229. The first-order valence-corrected chi connectivity index (χ1v) is 6.89. The van der Waals surface area contributed by atoms with E-state index in [-0.39, 0.29) is 6.04 Å². The van der Waals surface area contributed by atoms with Gasteiger partial charge in [0.1, 0.15) is 11.0 Å². The van der Waals surface area contributed by atoms with Gasteiger partial charge in [-0.1, -0.05) is 0 Å². The molecule has 17 heavy (non-hydrogen) atoms. The molecule has 1 saturated heterocycles. The van der Waals surface area contributed by atoms with Crippen molar-refractivity contribution >= 4 is 23.3 Å². The lowest BCUT2D eigenvalue weighted by Gasteiger charge is -2.30. The van der Waals surface area contributed by atoms with Crippen LogP contribution in [0.1, 0.15) is 40.0 Å². The summed E-state index contributed by atoms with van der Waals surface area (Å²) in [5.74, 6) is 0. The number of piperidine rings is 1. The maximum atomic E-state index is 11.7. The summed E-state index contributed by atoms with van der Waals surface area (Å²) in [5, 5.41) is 9.02. The predicted molar refractivity (Wildman–Crippen MR) is 68.8 cm³/mol. The summed E-state index contributed by atoms with van der Waals surface area (Å²) >= 11 is 0. The zero-order valence-corrected chi connectivity index (χ0v) is 11.4. The molecule has 0 aromatic rings. The van der Waals surface area contributed by atoms with Crippen LogP contribution < -0.4 is 0 Å². The van der Waals surface area contributed by atoms with Crippen molar-refractivity contribution in [2.24, 2.45) is 4.40 Å². The molecule has 1 N–H and O–H groups in total. The Morgan fingerprint density at radius 1 is 1.47 bits per heavy atom. The number of nitrogens with zero attached hydrogens (tertiary/aromatic N) is 2. The lowest BCUT2D eigenvalue weighted by Crippen LogP contribution is -2.44. The smallest absolute Gasteiger partial charge is 0.407 e. The van der Waals surface area contributed by atoms with Crippen molar-refractivity contribution in [1.29, 1.82) is 0 Å². The van der Waals surface area contributed by atoms with Crippen LogP contribution in [-0.2, 0) is 11.0 Å². The molecule has 1 amide bonds. The van der Waals surface area contributed by atoms with Crippen molar-refractivity contribution in [2.75, 3.05) is 6.54 Å². The van der Waals surface area contributed by atoms with Gasteiger partial charge in [0.2, 0.25) is 0 Å². The molecule has 0 aromatic heterocycles. The number of hydrogen-bond donors (Lipinski definition) is 1. The Balaban J connectivity index is 2.68. The Kier molecular flexibility index (Phi) is 4.68. The van der Waals surface area contributed by atoms with E-state index in [4.69, 9.17) is 5.11 Å². The summed E-state index contributed by atoms with van der Waals surface area (Å²) < 4.78 is 15.3. The highest BCUT2D eigenvalue weighted by molar-refractivity contribution is 7.85. The number of likely N-dealkylation sites (tertiary alicyclic amines) is 1. The predicted octanol–water partition coefficient (Wildman–Crippen LogP) is 2.05. The highest BCUT2D eigenvalue weighted by Crippen LogP contribution is 2.17. The van der Waals surface area contributed by atoms with Crippen LogP contribution >= 0.6 is 0 Å². The second-order valence-corrected chi connectivity index (χ2v) is 7.09. The van der Waals surface area contributed by atoms with Crippen LogP contribution in [0.15, 0.2) is 4.40 Å². The van der Waals surface area contributed by atoms with Gasteiger partial charge in [0.15, 0.2) is 0 Å². The molecule has 1 aliphatic heterocycles. The second kappa shape index (κ2) is 5.62. The molecule has 0 saturated carbocycles. The summed E-state index contributed by atoms with van der Waals surface area (Å²) in [6, 6.07) is -0.229. The minimum Gasteiger partial charge on any atom is -0.465 e. The lowest BCUT2D eigenvalue weighted by atomic mass is 10.0. The Bertz CT molecular complexity index is 336. The molecule has 6 heteroatoms. The fourth-order valence-corrected chi connectivity index (χ4v) is 2.20. The average Bonchev–Trinajstić information content (AvgIpc) is 2.24. The minimum atomic E-state index is -1.32. The van der Waals surface area contributed by atoms with Crippen LogP contribution in [0.3, 0.4) is 0 Å². The van der Waals surface area contributed by atoms with Crippen LogP contribution in [0.25, 0.3) is 0 Å². The average molecular weight is 260 g/mol. The number of carboxylic acid groups (broad SMARTS) is 1. The van der Waals surface area contributed by atoms with E-state index in [1.807, 2.05) is 20.8 Å². The molecule has 0 radical (unpaired) electrons. The molecule has 0 aliphatic carbocycles. The number of amides is 1. The number of rotatable bonds is 2. The zero-order valence-electron chi connectivity index (χ0n) is 10.5. The van der Waals surface area contributed by atoms with Crippen LogP contribution in [0, 0.1) is 0 Å². The Hall–Kier alpha value is -0.910. The Morgan fingerprint density at radius 3 is 2.65 bits per heavy atom. The van der Waals surface area contributed by atoms with Gasteiger partial charge >= 0.3 is 6.09 Å². The maximum absolute atomic E-state index is 11.7. The summed E-state index contributed by atoms with van der Waals surface area (Å²) in [7, 11) is -1.32. The quantitative estimate of drug-likeness (QED) is 0.772. The van der Waals surface area contributed by atoms with Gasteiger partial charge in [-0.3, -0.25) is 0 Å². The van der Waals surface area contributed by atoms with Crippen molar-refractivity contribution < 1.29 is 14.1 Å². The van der Waals surface area contributed by atoms with Gasteiger partial charge in [-0.05, 0) is 40.0 Å². The number of carbonyl (C=O) groups is 1. The molecule has 0 aromatic carbocycles. The molecule has 0 spiro atoms. The normalized spacial score (nSPS) is 23.9. The third-order valence-corrected chi connectivity index (χ3v) is 4.01. The summed E-state index contributed by atoms with van der Waals surface area (Å²) in [5.41, 5.74) is 0. The van der Waals surface area contributed by atoms with Crippen molar-refractivity contribution in [3.05, 3.63) is 0 Å². The zero-order chi connectivity index (χ0) is 13.1. The molecule has 1 aliphatic rings. The van der Waals surface area contributed by atoms with Crippen molar-refractivity contribution in [2.45, 2.75) is 50.8 Å². The molecule has 98 valence electrons. The van der Waals surface area contributed by atoms with E-state index in [9.17, 15) is 9.00 Å². The van der Waals surface area contributed by atoms with Gasteiger partial charge < -0.3 is 10.0 Å². The van der Waals surface area contributed by atoms with E-state index in [0.29, 0.717) is 6.54 Å². The molecule has 2 atom stereocenters. The highest BCUT2D eigenvalue weighted by Gasteiger charge is 2.26. The van der Waals surface area contributed by atoms with Gasteiger partial charge in [-0.15, -0.1) is 0 Å². The van der Waals surface area contributed by atoms with E-state index in [1.54, 1.807) is 0 Å². The van der Waals surface area contributed by atoms with E-state index in [2.05, 4.69) is 4.40 Å². The first kappa shape index (κ1) is 14.2. The fourth-order valence-electron chi connectivity index (χ4n) is 1.63. The fraction of sp³-hybridized carbons (Fsp3) is 0.818. The van der Waals surface area contributed by atoms with Crippen molar-refractivity contribution in [3.8, 4) is 0 Å². The van der Waals surface area contributed by atoms with E-state index >= 15 is 0 Å². The summed E-state index contributed by atoms with van der Waals surface area (Å²) in [6.45, 7) is 6.07. The van der Waals surface area contributed by atoms with Crippen LogP contribution in [0.5, 0.6) is 0 Å². The molecular formula is C11H20N2O3S. The van der Waals surface area contributed by atoms with Gasteiger partial charge in [-0.25, -0.2) is 9.00 Å². The molecule has 5 nitrogen and oxygen atoms in total. The third kappa shape index (κ3) is 4.11. The number of hydrogen-bond acceptors (Lipinski definition) is 2. The maximum Gasteiger partial charge on any atom is 0.407 e. The van der Waals surface area contributed by atoms with Gasteiger partial charge in [0, 0.05) is 12.8 Å². The topological polar surface area (TPSA) is 70.0 Å². The van der Waals surface area contributed by atoms with Gasteiger partial charge in [0.25, 0.3) is 0 Å². The van der Waals surface area contributed by atoms with Gasteiger partial charge in [0.05, 0.1) is 10.8 Å². The van der Waals surface area contributed by atoms with Gasteiger partial charge in [-0.2, -0.15) is 4.40 Å². The molecular weight excluding hydrogens is 240 g/mol. The van der Waals surface area contributed by atoms with Crippen LogP contribution in [0.4, 0.5) is 4.79 Å². The standard InChI is InChI=1S/C11H20N2O3S/c1-11(2,3)17(16)12-8-9-6-4-5-7-13(9)10(14)15/h8-9H,4-7H2,1-3H3,(H,14,15). The summed E-state index contributed by atoms with van der Waals surface area (Å²) in [6.07, 6.45) is 3.25. The van der Waals surface area contributed by atoms with Crippen molar-refractivity contribution in [1.82, 2.24) is 4.90 Å². The lowest BCUT2D eigenvalue weighted by molar-refractivity contribution is 0.125. The summed E-state index contributed by atoms with van der Waals surface area (Å²) in [4.78, 5) is 12.4. The SMILES string of the molecule is CC(C)(C)S(=O)N=CC1CCCCN1C(=O)O. The van der Waals surface area contributed by atoms with Crippen LogP contribution in [-0.4, -0.2) is 43.9 Å². The first-order chi connectivity index (χ1) is 7.82. The molecule has 1 fully saturated rings. The molecule has 1 heterocycles. The molecule has 2 unspecified atom stereocenters. The monoisotopic (exact) mass is 260 g/mol. The van der Waals surface area contributed by atoms with Crippen molar-refractivity contribution in [3.63, 3.8) is 0 Å². The molecule has 0 bridgehead atoms. The third-order valence-electron chi connectivity index (χ3n) is 2.65. The van der Waals surface area contributed by atoms with Crippen LogP contribution in [0.2, 0.25) is 0 Å². The highest BCUT2D eigenvalue weighted by atomic mass is 32.2. The Labute approximate surface area is 105 Å². The largest absolute Gasteiger partial charge is 0.465 e. The van der Waals surface area contributed by atoms with E-state index < -0.39 is 21.8 Å². The second-order valence-electron chi connectivity index (χ2n) is 5.16. The molecule has 1 rings (SSSR count). The van der Waals surface area contributed by atoms with E-state index in [1.165, 1.54) is 11.1 Å². The Morgan fingerprint density at radius 2 is 2.12 bits per heavy atom. The first-order valence-electron chi connectivity index (χ1n) is 5.78.